The molecule has 0 radical (unpaired) electrons. The van der Waals surface area contributed by atoms with E-state index in [2.05, 4.69) is 4.98 Å². The van der Waals surface area contributed by atoms with E-state index < -0.39 is 0 Å². The first kappa shape index (κ1) is 11.9. The topological polar surface area (TPSA) is 34.4 Å². The van der Waals surface area contributed by atoms with E-state index in [0.29, 0.717) is 10.6 Å². The molecule has 0 unspecified atom stereocenters. The number of hydrogen-bond acceptors (Lipinski definition) is 2. The largest absolute Gasteiger partial charge is 0.306 e. The maximum Gasteiger partial charge on any atom is 0.151 e. The number of nitrogens with zero attached hydrogens (tertiary/aromatic N) is 2. The lowest BCUT2D eigenvalue weighted by Crippen LogP contribution is -1.91. The van der Waals surface area contributed by atoms with Crippen molar-refractivity contribution in [3.05, 3.63) is 58.9 Å². The zero-order valence-corrected chi connectivity index (χ0v) is 11.1. The number of carbonyl (C=O) groups is 1. The molecule has 19 heavy (non-hydrogen) atoms. The molecule has 3 rings (SSSR count). The lowest BCUT2D eigenvalue weighted by molar-refractivity contribution is 0.112. The number of benzene rings is 1. The van der Waals surface area contributed by atoms with Gasteiger partial charge >= 0.3 is 0 Å². The summed E-state index contributed by atoms with van der Waals surface area (Å²) >= 11 is 5.99. The Morgan fingerprint density at radius 1 is 1.26 bits per heavy atom. The quantitative estimate of drug-likeness (QED) is 0.664. The van der Waals surface area contributed by atoms with Gasteiger partial charge in [-0.1, -0.05) is 23.7 Å². The highest BCUT2D eigenvalue weighted by Gasteiger charge is 2.07. The Morgan fingerprint density at radius 3 is 2.84 bits per heavy atom. The van der Waals surface area contributed by atoms with Gasteiger partial charge < -0.3 is 4.40 Å². The molecule has 0 spiro atoms. The predicted molar refractivity (Wildman–Crippen MR) is 75.8 cm³/mol. The van der Waals surface area contributed by atoms with E-state index in [9.17, 15) is 4.79 Å². The molecule has 0 aliphatic rings. The fraction of sp³-hybridized carbons (Fsp3) is 0.0667. The van der Waals surface area contributed by atoms with E-state index in [1.807, 2.05) is 47.9 Å². The highest BCUT2D eigenvalue weighted by Crippen LogP contribution is 2.23. The van der Waals surface area contributed by atoms with E-state index in [0.717, 1.165) is 28.8 Å². The average molecular weight is 271 g/mol. The Kier molecular flexibility index (Phi) is 2.84. The number of aryl methyl sites for hydroxylation is 1. The van der Waals surface area contributed by atoms with Crippen LogP contribution in [0.3, 0.4) is 0 Å². The third-order valence-corrected chi connectivity index (χ3v) is 3.32. The van der Waals surface area contributed by atoms with Gasteiger partial charge in [-0.15, -0.1) is 0 Å². The first-order valence-electron chi connectivity index (χ1n) is 5.88. The van der Waals surface area contributed by atoms with Crippen molar-refractivity contribution in [1.29, 1.82) is 0 Å². The minimum absolute atomic E-state index is 0.669. The van der Waals surface area contributed by atoms with Crippen LogP contribution in [0.2, 0.25) is 5.02 Å². The van der Waals surface area contributed by atoms with Crippen molar-refractivity contribution in [3.63, 3.8) is 0 Å². The number of aldehydes is 1. The van der Waals surface area contributed by atoms with Gasteiger partial charge in [-0.2, -0.15) is 0 Å². The normalized spacial score (nSPS) is 10.8. The second-order valence-electron chi connectivity index (χ2n) is 4.43. The molecule has 0 fully saturated rings. The Morgan fingerprint density at radius 2 is 2.11 bits per heavy atom. The fourth-order valence-electron chi connectivity index (χ4n) is 2.06. The van der Waals surface area contributed by atoms with Crippen LogP contribution in [0, 0.1) is 6.92 Å². The van der Waals surface area contributed by atoms with Gasteiger partial charge in [0.1, 0.15) is 5.65 Å². The number of pyridine rings is 1. The number of rotatable bonds is 2. The van der Waals surface area contributed by atoms with E-state index >= 15 is 0 Å². The molecule has 0 saturated heterocycles. The van der Waals surface area contributed by atoms with Crippen molar-refractivity contribution in [2.24, 2.45) is 0 Å². The zero-order chi connectivity index (χ0) is 13.4. The minimum atomic E-state index is 0.669. The fourth-order valence-corrected chi connectivity index (χ4v) is 2.25. The molecule has 0 N–H and O–H groups in total. The molecule has 3 nitrogen and oxygen atoms in total. The highest BCUT2D eigenvalue weighted by molar-refractivity contribution is 6.30. The number of imidazole rings is 1. The Bertz CT molecular complexity index is 777. The molecule has 2 heterocycles. The van der Waals surface area contributed by atoms with Crippen LogP contribution >= 0.6 is 11.6 Å². The molecule has 0 bridgehead atoms. The average Bonchev–Trinajstić information content (AvgIpc) is 2.80. The van der Waals surface area contributed by atoms with Gasteiger partial charge in [0.25, 0.3) is 0 Å². The second-order valence-corrected chi connectivity index (χ2v) is 4.87. The van der Waals surface area contributed by atoms with Crippen molar-refractivity contribution in [2.45, 2.75) is 6.92 Å². The molecular weight excluding hydrogens is 260 g/mol. The predicted octanol–water partition coefficient (Wildman–Crippen LogP) is 3.78. The molecule has 3 aromatic rings. The van der Waals surface area contributed by atoms with E-state index in [1.165, 1.54) is 0 Å². The van der Waals surface area contributed by atoms with Gasteiger partial charge in [-0.25, -0.2) is 4.98 Å². The van der Waals surface area contributed by atoms with Crippen molar-refractivity contribution < 1.29 is 4.79 Å². The number of carbonyl (C=O) groups excluding carboxylic acids is 1. The van der Waals surface area contributed by atoms with Gasteiger partial charge in [0.15, 0.2) is 6.29 Å². The maximum absolute atomic E-state index is 10.9. The Balaban J connectivity index is 2.19. The number of halogens is 1. The van der Waals surface area contributed by atoms with E-state index in [1.54, 1.807) is 6.20 Å². The van der Waals surface area contributed by atoms with Gasteiger partial charge in [-0.3, -0.25) is 4.79 Å². The lowest BCUT2D eigenvalue weighted by atomic mass is 10.2. The smallest absolute Gasteiger partial charge is 0.151 e. The number of hydrogen-bond donors (Lipinski definition) is 0. The number of fused-ring (bicyclic) bond motifs is 1. The summed E-state index contributed by atoms with van der Waals surface area (Å²) in [7, 11) is 0. The molecule has 0 aliphatic heterocycles. The SMILES string of the molecule is Cc1cc2nc(-c3cccc(Cl)c3)cn2cc1C=O. The van der Waals surface area contributed by atoms with Gasteiger partial charge in [0.2, 0.25) is 0 Å². The lowest BCUT2D eigenvalue weighted by Gasteiger charge is -1.98. The molecule has 4 heteroatoms. The van der Waals surface area contributed by atoms with Crippen LogP contribution < -0.4 is 0 Å². The number of aromatic nitrogens is 2. The molecular formula is C15H11ClN2O. The van der Waals surface area contributed by atoms with Crippen LogP contribution in [-0.4, -0.2) is 15.7 Å². The first-order valence-corrected chi connectivity index (χ1v) is 6.25. The molecule has 0 aliphatic carbocycles. The van der Waals surface area contributed by atoms with Gasteiger partial charge in [-0.05, 0) is 30.7 Å². The van der Waals surface area contributed by atoms with Crippen molar-refractivity contribution in [1.82, 2.24) is 9.38 Å². The van der Waals surface area contributed by atoms with E-state index in [4.69, 9.17) is 11.6 Å². The van der Waals surface area contributed by atoms with Gasteiger partial charge in [0.05, 0.1) is 5.69 Å². The standard InChI is InChI=1S/C15H11ClN2O/c1-10-5-15-17-14(8-18(15)7-12(10)9-19)11-3-2-4-13(16)6-11/h2-9H,1H3. The van der Waals surface area contributed by atoms with Crippen molar-refractivity contribution in [3.8, 4) is 11.3 Å². The maximum atomic E-state index is 10.9. The Hall–Kier alpha value is -2.13. The van der Waals surface area contributed by atoms with Crippen LogP contribution in [0.4, 0.5) is 0 Å². The second kappa shape index (κ2) is 4.52. The summed E-state index contributed by atoms with van der Waals surface area (Å²) in [5, 5.41) is 0.680. The molecule has 0 amide bonds. The molecule has 0 atom stereocenters. The summed E-state index contributed by atoms with van der Waals surface area (Å²) in [4.78, 5) is 15.5. The summed E-state index contributed by atoms with van der Waals surface area (Å²) in [5.41, 5.74) is 4.21. The van der Waals surface area contributed by atoms with Crippen molar-refractivity contribution >= 4 is 23.5 Å². The van der Waals surface area contributed by atoms with Gasteiger partial charge in [0, 0.05) is 28.5 Å². The third kappa shape index (κ3) is 2.13. The monoisotopic (exact) mass is 270 g/mol. The van der Waals surface area contributed by atoms with Crippen LogP contribution in [-0.2, 0) is 0 Å². The summed E-state index contributed by atoms with van der Waals surface area (Å²) in [6, 6.07) is 9.45. The zero-order valence-electron chi connectivity index (χ0n) is 10.3. The molecule has 94 valence electrons. The summed E-state index contributed by atoms with van der Waals surface area (Å²) in [6.07, 6.45) is 4.54. The molecule has 1 aromatic carbocycles. The van der Waals surface area contributed by atoms with Crippen LogP contribution in [0.15, 0.2) is 42.7 Å². The van der Waals surface area contributed by atoms with E-state index in [-0.39, 0.29) is 0 Å². The molecule has 0 saturated carbocycles. The van der Waals surface area contributed by atoms with Crippen LogP contribution in [0.1, 0.15) is 15.9 Å². The molecule has 2 aromatic heterocycles. The van der Waals surface area contributed by atoms with Crippen LogP contribution in [0.25, 0.3) is 16.9 Å². The first-order chi connectivity index (χ1) is 9.17. The van der Waals surface area contributed by atoms with Crippen molar-refractivity contribution in [2.75, 3.05) is 0 Å². The van der Waals surface area contributed by atoms with Crippen LogP contribution in [0.5, 0.6) is 0 Å². The summed E-state index contributed by atoms with van der Waals surface area (Å²) < 4.78 is 1.85. The summed E-state index contributed by atoms with van der Waals surface area (Å²) in [5.74, 6) is 0. The minimum Gasteiger partial charge on any atom is -0.306 e. The Labute approximate surface area is 115 Å². The summed E-state index contributed by atoms with van der Waals surface area (Å²) in [6.45, 7) is 1.90. The highest BCUT2D eigenvalue weighted by atomic mass is 35.5. The third-order valence-electron chi connectivity index (χ3n) is 3.09.